The smallest absolute Gasteiger partial charge is 0.108 e. The van der Waals surface area contributed by atoms with Gasteiger partial charge in [0.15, 0.2) is 0 Å². The van der Waals surface area contributed by atoms with E-state index in [0.717, 1.165) is 44.1 Å². The van der Waals surface area contributed by atoms with Crippen molar-refractivity contribution in [2.45, 2.75) is 52.6 Å². The molecule has 1 N–H and O–H groups in total. The second kappa shape index (κ2) is 8.27. The number of unbranched alkanes of at least 4 members (excludes halogenated alkanes) is 1. The van der Waals surface area contributed by atoms with Crippen molar-refractivity contribution in [2.24, 2.45) is 0 Å². The maximum Gasteiger partial charge on any atom is 0.108 e. The quantitative estimate of drug-likeness (QED) is 0.687. The Morgan fingerprint density at radius 3 is 2.78 bits per heavy atom. The van der Waals surface area contributed by atoms with Crippen LogP contribution in [0.3, 0.4) is 0 Å². The van der Waals surface area contributed by atoms with E-state index in [9.17, 15) is 0 Å². The molecule has 0 saturated heterocycles. The van der Waals surface area contributed by atoms with E-state index in [1.807, 2.05) is 7.05 Å². The molecule has 0 aliphatic rings. The number of aromatic nitrogens is 2. The first-order chi connectivity index (χ1) is 8.72. The number of hydrogen-bond acceptors (Lipinski definition) is 3. The van der Waals surface area contributed by atoms with E-state index >= 15 is 0 Å². The predicted molar refractivity (Wildman–Crippen MR) is 74.8 cm³/mol. The maximum absolute atomic E-state index is 5.61. The lowest BCUT2D eigenvalue weighted by molar-refractivity contribution is 0.123. The van der Waals surface area contributed by atoms with Gasteiger partial charge in [-0.3, -0.25) is 0 Å². The molecule has 0 spiro atoms. The Hall–Kier alpha value is -0.870. The summed E-state index contributed by atoms with van der Waals surface area (Å²) in [4.78, 5) is 4.66. The molecule has 0 aliphatic heterocycles. The van der Waals surface area contributed by atoms with Crippen LogP contribution in [0.15, 0.2) is 6.20 Å². The fourth-order valence-electron chi connectivity index (χ4n) is 1.82. The van der Waals surface area contributed by atoms with E-state index in [2.05, 4.69) is 41.8 Å². The Morgan fingerprint density at radius 1 is 1.39 bits per heavy atom. The molecule has 1 rings (SSSR count). The van der Waals surface area contributed by atoms with Gasteiger partial charge in [0.25, 0.3) is 0 Å². The van der Waals surface area contributed by atoms with Gasteiger partial charge < -0.3 is 14.6 Å². The molecular weight excluding hydrogens is 226 g/mol. The first-order valence-electron chi connectivity index (χ1n) is 7.03. The second-order valence-electron chi connectivity index (χ2n) is 4.61. The van der Waals surface area contributed by atoms with E-state index in [1.165, 1.54) is 6.42 Å². The fourth-order valence-corrected chi connectivity index (χ4v) is 1.82. The Balaban J connectivity index is 2.50. The van der Waals surface area contributed by atoms with Crippen LogP contribution >= 0.6 is 0 Å². The van der Waals surface area contributed by atoms with Crippen molar-refractivity contribution in [3.8, 4) is 0 Å². The highest BCUT2D eigenvalue weighted by atomic mass is 16.5. The third-order valence-corrected chi connectivity index (χ3v) is 3.19. The van der Waals surface area contributed by atoms with Crippen LogP contribution in [-0.4, -0.2) is 29.8 Å². The van der Waals surface area contributed by atoms with Crippen LogP contribution in [0.4, 0.5) is 0 Å². The van der Waals surface area contributed by atoms with Crippen LogP contribution < -0.4 is 5.32 Å². The van der Waals surface area contributed by atoms with Gasteiger partial charge in [-0.2, -0.15) is 0 Å². The van der Waals surface area contributed by atoms with Gasteiger partial charge >= 0.3 is 0 Å². The van der Waals surface area contributed by atoms with Crippen molar-refractivity contribution in [3.63, 3.8) is 0 Å². The van der Waals surface area contributed by atoms with Gasteiger partial charge in [0.2, 0.25) is 0 Å². The molecule has 0 radical (unpaired) electrons. The molecule has 0 aliphatic carbocycles. The summed E-state index contributed by atoms with van der Waals surface area (Å²) in [6.07, 6.45) is 5.44. The van der Waals surface area contributed by atoms with Gasteiger partial charge in [-0.05, 0) is 20.4 Å². The summed E-state index contributed by atoms with van der Waals surface area (Å²) < 4.78 is 7.83. The molecule has 104 valence electrons. The van der Waals surface area contributed by atoms with Gasteiger partial charge in [-0.15, -0.1) is 0 Å². The van der Waals surface area contributed by atoms with Gasteiger partial charge in [0.1, 0.15) is 5.82 Å². The highest BCUT2D eigenvalue weighted by Crippen LogP contribution is 2.12. The lowest BCUT2D eigenvalue weighted by Gasteiger charge is -2.07. The first-order valence-corrected chi connectivity index (χ1v) is 7.03. The summed E-state index contributed by atoms with van der Waals surface area (Å²) >= 11 is 0. The topological polar surface area (TPSA) is 39.1 Å². The van der Waals surface area contributed by atoms with E-state index in [4.69, 9.17) is 4.74 Å². The summed E-state index contributed by atoms with van der Waals surface area (Å²) in [6.45, 7) is 8.99. The van der Waals surface area contributed by atoms with Crippen molar-refractivity contribution in [1.82, 2.24) is 14.9 Å². The number of nitrogens with zero attached hydrogens (tertiary/aromatic N) is 2. The van der Waals surface area contributed by atoms with Crippen molar-refractivity contribution in [2.75, 3.05) is 20.3 Å². The molecule has 0 saturated carbocycles. The van der Waals surface area contributed by atoms with E-state index in [0.29, 0.717) is 6.04 Å². The molecule has 4 nitrogen and oxygen atoms in total. The SMILES string of the molecule is CCCCOCCn1cc(C(C)NC)nc1CC. The van der Waals surface area contributed by atoms with Crippen LogP contribution in [0.1, 0.15) is 51.2 Å². The summed E-state index contributed by atoms with van der Waals surface area (Å²) in [7, 11) is 1.96. The van der Waals surface area contributed by atoms with Crippen molar-refractivity contribution in [3.05, 3.63) is 17.7 Å². The Morgan fingerprint density at radius 2 is 2.17 bits per heavy atom. The Labute approximate surface area is 111 Å². The van der Waals surface area contributed by atoms with Gasteiger partial charge in [-0.25, -0.2) is 4.98 Å². The lowest BCUT2D eigenvalue weighted by atomic mass is 10.3. The minimum Gasteiger partial charge on any atom is -0.380 e. The zero-order valence-corrected chi connectivity index (χ0v) is 12.2. The average molecular weight is 253 g/mol. The molecule has 4 heteroatoms. The number of nitrogens with one attached hydrogen (secondary N) is 1. The Bertz CT molecular complexity index is 336. The molecule has 1 atom stereocenters. The first kappa shape index (κ1) is 15.2. The molecule has 0 bridgehead atoms. The third-order valence-electron chi connectivity index (χ3n) is 3.19. The average Bonchev–Trinajstić information content (AvgIpc) is 2.81. The van der Waals surface area contributed by atoms with Gasteiger partial charge in [0.05, 0.1) is 12.3 Å². The highest BCUT2D eigenvalue weighted by Gasteiger charge is 2.10. The van der Waals surface area contributed by atoms with Crippen LogP contribution in [0.5, 0.6) is 0 Å². The predicted octanol–water partition coefficient (Wildman–Crippen LogP) is 2.54. The second-order valence-corrected chi connectivity index (χ2v) is 4.61. The van der Waals surface area contributed by atoms with Crippen LogP contribution in [-0.2, 0) is 17.7 Å². The molecule has 1 aromatic rings. The van der Waals surface area contributed by atoms with Crippen molar-refractivity contribution < 1.29 is 4.74 Å². The molecule has 0 amide bonds. The number of rotatable bonds is 9. The standard InChI is InChI=1S/C14H27N3O/c1-5-7-9-18-10-8-17-11-13(12(3)15-4)16-14(17)6-2/h11-12,15H,5-10H2,1-4H3. The molecule has 18 heavy (non-hydrogen) atoms. The number of aryl methyl sites for hydroxylation is 1. The van der Waals surface area contributed by atoms with Crippen molar-refractivity contribution in [1.29, 1.82) is 0 Å². The molecule has 1 heterocycles. The minimum absolute atomic E-state index is 0.303. The summed E-state index contributed by atoms with van der Waals surface area (Å²) in [5, 5.41) is 3.22. The monoisotopic (exact) mass is 253 g/mol. The van der Waals surface area contributed by atoms with E-state index in [1.54, 1.807) is 0 Å². The summed E-state index contributed by atoms with van der Waals surface area (Å²) in [5.41, 5.74) is 1.11. The van der Waals surface area contributed by atoms with E-state index < -0.39 is 0 Å². The minimum atomic E-state index is 0.303. The van der Waals surface area contributed by atoms with Gasteiger partial charge in [0, 0.05) is 31.8 Å². The van der Waals surface area contributed by atoms with Crippen molar-refractivity contribution >= 4 is 0 Å². The summed E-state index contributed by atoms with van der Waals surface area (Å²) in [5.74, 6) is 1.14. The maximum atomic E-state index is 5.61. The molecule has 0 fully saturated rings. The zero-order chi connectivity index (χ0) is 13.4. The lowest BCUT2D eigenvalue weighted by Crippen LogP contribution is -2.12. The molecule has 1 aromatic heterocycles. The van der Waals surface area contributed by atoms with Crippen LogP contribution in [0.25, 0.3) is 0 Å². The Kier molecular flexibility index (Phi) is 6.98. The molecule has 1 unspecified atom stereocenters. The largest absolute Gasteiger partial charge is 0.380 e. The van der Waals surface area contributed by atoms with Gasteiger partial charge in [-0.1, -0.05) is 20.3 Å². The number of ether oxygens (including phenoxy) is 1. The molecule has 0 aromatic carbocycles. The number of hydrogen-bond donors (Lipinski definition) is 1. The number of imidazole rings is 1. The van der Waals surface area contributed by atoms with E-state index in [-0.39, 0.29) is 0 Å². The summed E-state index contributed by atoms with van der Waals surface area (Å²) in [6, 6.07) is 0.303. The highest BCUT2D eigenvalue weighted by molar-refractivity contribution is 5.08. The molecular formula is C14H27N3O. The normalized spacial score (nSPS) is 12.9. The van der Waals surface area contributed by atoms with Crippen LogP contribution in [0.2, 0.25) is 0 Å². The third kappa shape index (κ3) is 4.42. The fraction of sp³-hybridized carbons (Fsp3) is 0.786. The zero-order valence-electron chi connectivity index (χ0n) is 12.2. The van der Waals surface area contributed by atoms with Crippen LogP contribution in [0, 0.1) is 0 Å².